The van der Waals surface area contributed by atoms with Gasteiger partial charge in [0.1, 0.15) is 13.2 Å². The highest BCUT2D eigenvalue weighted by Gasteiger charge is 2.27. The molecule has 0 aromatic carbocycles. The van der Waals surface area contributed by atoms with E-state index in [1.807, 2.05) is 27.2 Å². The Bertz CT molecular complexity index is 1170. The number of hydrogen-bond acceptors (Lipinski definition) is 5. The Kier molecular flexibility index (Phi) is 47.8. The van der Waals surface area contributed by atoms with Crippen LogP contribution in [0.5, 0.6) is 0 Å². The molecule has 66 heavy (non-hydrogen) atoms. The third-order valence-electron chi connectivity index (χ3n) is 12.8. The van der Waals surface area contributed by atoms with Crippen molar-refractivity contribution in [1.29, 1.82) is 0 Å². The summed E-state index contributed by atoms with van der Waals surface area (Å²) in [5.74, 6) is -0.183. The molecule has 0 aliphatic rings. The molecule has 3 unspecified atom stereocenters. The minimum Gasteiger partial charge on any atom is -0.387 e. The lowest BCUT2D eigenvalue weighted by Crippen LogP contribution is -2.45. The predicted octanol–water partition coefficient (Wildman–Crippen LogP) is 17.0. The molecule has 1 amide bonds. The lowest BCUT2D eigenvalue weighted by atomic mass is 10.0. The van der Waals surface area contributed by atoms with Gasteiger partial charge in [-0.3, -0.25) is 13.8 Å². The number of rotatable bonds is 52. The number of quaternary nitrogens is 1. The Labute approximate surface area is 410 Å². The lowest BCUT2D eigenvalue weighted by Gasteiger charge is -2.25. The van der Waals surface area contributed by atoms with Gasteiger partial charge in [0, 0.05) is 6.42 Å². The Morgan fingerprint density at radius 3 is 1.21 bits per heavy atom. The number of amides is 1. The summed E-state index contributed by atoms with van der Waals surface area (Å²) in [5.41, 5.74) is 0. The number of aliphatic hydroxyl groups is 1. The first-order valence-electron chi connectivity index (χ1n) is 28.4. The number of aliphatic hydroxyl groups excluding tert-OH is 1. The Hall–Kier alpha value is -1.28. The van der Waals surface area contributed by atoms with E-state index in [1.54, 1.807) is 6.08 Å². The summed E-state index contributed by atoms with van der Waals surface area (Å²) in [6, 6.07) is -0.862. The van der Waals surface area contributed by atoms with E-state index in [2.05, 4.69) is 43.5 Å². The van der Waals surface area contributed by atoms with Crippen molar-refractivity contribution in [3.05, 3.63) is 36.5 Å². The molecular formula is C57H112N2O6P+. The van der Waals surface area contributed by atoms with E-state index in [4.69, 9.17) is 9.05 Å². The first-order valence-corrected chi connectivity index (χ1v) is 29.9. The number of phosphoric acid groups is 1. The van der Waals surface area contributed by atoms with Crippen LogP contribution in [0.4, 0.5) is 0 Å². The van der Waals surface area contributed by atoms with Gasteiger partial charge in [-0.15, -0.1) is 0 Å². The second-order valence-corrected chi connectivity index (χ2v) is 22.1. The van der Waals surface area contributed by atoms with E-state index in [9.17, 15) is 19.4 Å². The molecule has 0 aliphatic heterocycles. The lowest BCUT2D eigenvalue weighted by molar-refractivity contribution is -0.870. The average molecular weight is 953 g/mol. The van der Waals surface area contributed by atoms with Crippen LogP contribution in [0, 0.1) is 0 Å². The number of phosphoric ester groups is 1. The Morgan fingerprint density at radius 1 is 0.500 bits per heavy atom. The second kappa shape index (κ2) is 48.7. The van der Waals surface area contributed by atoms with E-state index in [0.717, 1.165) is 38.5 Å². The van der Waals surface area contributed by atoms with Crippen molar-refractivity contribution < 1.29 is 32.9 Å². The molecular weight excluding hydrogens is 840 g/mol. The molecule has 0 radical (unpaired) electrons. The van der Waals surface area contributed by atoms with Gasteiger partial charge < -0.3 is 19.8 Å². The number of likely N-dealkylation sites (N-methyl/N-ethyl adjacent to an activating group) is 1. The highest BCUT2D eigenvalue weighted by Crippen LogP contribution is 2.43. The number of carbonyl (C=O) groups is 1. The van der Waals surface area contributed by atoms with Crippen molar-refractivity contribution in [2.45, 2.75) is 283 Å². The monoisotopic (exact) mass is 952 g/mol. The molecule has 0 spiro atoms. The van der Waals surface area contributed by atoms with Gasteiger partial charge in [-0.25, -0.2) is 4.57 Å². The van der Waals surface area contributed by atoms with Gasteiger partial charge >= 0.3 is 7.82 Å². The van der Waals surface area contributed by atoms with Gasteiger partial charge in [0.25, 0.3) is 0 Å². The zero-order valence-electron chi connectivity index (χ0n) is 44.4. The summed E-state index contributed by atoms with van der Waals surface area (Å²) >= 11 is 0. The van der Waals surface area contributed by atoms with Crippen molar-refractivity contribution in [3.63, 3.8) is 0 Å². The van der Waals surface area contributed by atoms with Gasteiger partial charge in [0.15, 0.2) is 0 Å². The number of carbonyl (C=O) groups excluding carboxylic acids is 1. The highest BCUT2D eigenvalue weighted by molar-refractivity contribution is 7.47. The highest BCUT2D eigenvalue weighted by atomic mass is 31.2. The number of allylic oxidation sites excluding steroid dienone is 5. The van der Waals surface area contributed by atoms with Gasteiger partial charge in [-0.05, 0) is 57.8 Å². The van der Waals surface area contributed by atoms with Crippen molar-refractivity contribution in [2.75, 3.05) is 40.9 Å². The predicted molar refractivity (Wildman–Crippen MR) is 286 cm³/mol. The van der Waals surface area contributed by atoms with Gasteiger partial charge in [0.05, 0.1) is 39.9 Å². The molecule has 0 saturated carbocycles. The minimum absolute atomic E-state index is 0.0573. The molecule has 0 heterocycles. The quantitative estimate of drug-likeness (QED) is 0.0243. The van der Waals surface area contributed by atoms with E-state index < -0.39 is 20.0 Å². The van der Waals surface area contributed by atoms with Gasteiger partial charge in [-0.2, -0.15) is 0 Å². The van der Waals surface area contributed by atoms with Crippen LogP contribution in [0.25, 0.3) is 0 Å². The molecule has 390 valence electrons. The summed E-state index contributed by atoms with van der Waals surface area (Å²) < 4.78 is 23.7. The van der Waals surface area contributed by atoms with Crippen LogP contribution in [0.15, 0.2) is 36.5 Å². The number of unbranched alkanes of at least 4 members (excludes halogenated alkanes) is 35. The molecule has 9 heteroatoms. The van der Waals surface area contributed by atoms with E-state index >= 15 is 0 Å². The number of hydrogen-bond donors (Lipinski definition) is 3. The van der Waals surface area contributed by atoms with Crippen molar-refractivity contribution >= 4 is 13.7 Å². The number of nitrogens with zero attached hydrogens (tertiary/aromatic N) is 1. The Morgan fingerprint density at radius 2 is 0.833 bits per heavy atom. The van der Waals surface area contributed by atoms with Crippen LogP contribution in [0.3, 0.4) is 0 Å². The molecule has 0 rings (SSSR count). The van der Waals surface area contributed by atoms with Gasteiger partial charge in [0.2, 0.25) is 5.91 Å². The van der Waals surface area contributed by atoms with E-state index in [1.165, 1.54) is 212 Å². The standard InChI is InChI=1S/C57H111N2O6P/c1-6-8-10-12-14-16-18-20-22-24-25-26-27-28-29-30-31-32-33-35-37-39-41-43-45-47-49-51-57(61)58-55(54-65-66(62,63)64-53-52-59(3,4)5)56(60)50-48-46-44-42-40-38-36-34-23-21-19-17-15-13-11-9-7-2/h24-25,40,42,48,50,55-56,60H,6-23,26-39,41,43-47,49,51-54H2,1-5H3,(H-,58,61,62,63)/p+1/b25-24-,42-40+,50-48+. The summed E-state index contributed by atoms with van der Waals surface area (Å²) in [7, 11) is 1.56. The summed E-state index contributed by atoms with van der Waals surface area (Å²) in [4.78, 5) is 23.3. The maximum atomic E-state index is 13.0. The summed E-state index contributed by atoms with van der Waals surface area (Å²) in [5, 5.41) is 13.9. The topological polar surface area (TPSA) is 105 Å². The van der Waals surface area contributed by atoms with E-state index in [-0.39, 0.29) is 19.1 Å². The number of nitrogens with one attached hydrogen (secondary N) is 1. The third kappa shape index (κ3) is 50.6. The zero-order chi connectivity index (χ0) is 48.5. The molecule has 8 nitrogen and oxygen atoms in total. The normalized spacial score (nSPS) is 14.2. The van der Waals surface area contributed by atoms with E-state index in [0.29, 0.717) is 17.4 Å². The summed E-state index contributed by atoms with van der Waals surface area (Å²) in [6.07, 6.45) is 62.5. The fourth-order valence-corrected chi connectivity index (χ4v) is 9.08. The molecule has 3 N–H and O–H groups in total. The smallest absolute Gasteiger partial charge is 0.387 e. The maximum Gasteiger partial charge on any atom is 0.472 e. The van der Waals surface area contributed by atoms with Crippen LogP contribution in [0.1, 0.15) is 271 Å². The van der Waals surface area contributed by atoms with Crippen LogP contribution in [0.2, 0.25) is 0 Å². The molecule has 0 saturated heterocycles. The molecule has 0 aliphatic carbocycles. The fraction of sp³-hybridized carbons (Fsp3) is 0.877. The molecule has 0 bridgehead atoms. The fourth-order valence-electron chi connectivity index (χ4n) is 8.35. The van der Waals surface area contributed by atoms with Crippen molar-refractivity contribution in [2.24, 2.45) is 0 Å². The van der Waals surface area contributed by atoms with Gasteiger partial charge in [-0.1, -0.05) is 243 Å². The molecule has 0 aromatic rings. The largest absolute Gasteiger partial charge is 0.472 e. The summed E-state index contributed by atoms with van der Waals surface area (Å²) in [6.45, 7) is 4.82. The van der Waals surface area contributed by atoms with Crippen molar-refractivity contribution in [3.8, 4) is 0 Å². The maximum absolute atomic E-state index is 13.0. The average Bonchev–Trinajstić information content (AvgIpc) is 3.28. The van der Waals surface area contributed by atoms with Crippen molar-refractivity contribution in [1.82, 2.24) is 5.32 Å². The third-order valence-corrected chi connectivity index (χ3v) is 13.8. The molecule has 0 fully saturated rings. The Balaban J connectivity index is 4.18. The van der Waals surface area contributed by atoms with Crippen LogP contribution in [-0.4, -0.2) is 73.4 Å². The van der Waals surface area contributed by atoms with Crippen LogP contribution >= 0.6 is 7.82 Å². The zero-order valence-corrected chi connectivity index (χ0v) is 45.3. The molecule has 3 atom stereocenters. The van der Waals surface area contributed by atoms with Crippen LogP contribution in [-0.2, 0) is 18.4 Å². The van der Waals surface area contributed by atoms with Crippen LogP contribution < -0.4 is 5.32 Å². The minimum atomic E-state index is -4.35. The first-order chi connectivity index (χ1) is 32.0. The first kappa shape index (κ1) is 64.7. The second-order valence-electron chi connectivity index (χ2n) is 20.7. The SMILES string of the molecule is CCCCCCCCCC/C=C\CCCCCCCCCCCCCCCCCC(=O)NC(COP(=O)(O)OCC[N+](C)(C)C)C(O)/C=C/CC/C=C/CCCCCCCCCCCCC. The molecule has 0 aromatic heterocycles.